The number of aliphatic imine (C=N–C) groups is 1. The van der Waals surface area contributed by atoms with Gasteiger partial charge in [-0.1, -0.05) is 0 Å². The fraction of sp³-hybridized carbons (Fsp3) is 0.333. The highest BCUT2D eigenvalue weighted by Crippen LogP contribution is 2.15. The number of urea groups is 2. The molecule has 1 rings (SSSR count). The van der Waals surface area contributed by atoms with Crippen LogP contribution in [0.5, 0.6) is 0 Å². The van der Waals surface area contributed by atoms with Crippen LogP contribution >= 0.6 is 11.9 Å². The molecular weight excluding hydrogens is 330 g/mol. The summed E-state index contributed by atoms with van der Waals surface area (Å²) in [4.78, 5) is 31.0. The first-order valence-electron chi connectivity index (χ1n) is 7.01. The summed E-state index contributed by atoms with van der Waals surface area (Å²) in [5, 5.41) is 8.76. The van der Waals surface area contributed by atoms with Crippen molar-refractivity contribution in [3.8, 4) is 6.07 Å². The van der Waals surface area contributed by atoms with Gasteiger partial charge in [0, 0.05) is 25.5 Å². The van der Waals surface area contributed by atoms with Crippen molar-refractivity contribution in [1.29, 1.82) is 5.26 Å². The van der Waals surface area contributed by atoms with E-state index in [0.717, 1.165) is 16.8 Å². The molecule has 0 aliphatic carbocycles. The van der Waals surface area contributed by atoms with Gasteiger partial charge in [0.1, 0.15) is 0 Å². The zero-order valence-corrected chi connectivity index (χ0v) is 14.8. The highest BCUT2D eigenvalue weighted by atomic mass is 32.2. The van der Waals surface area contributed by atoms with Crippen molar-refractivity contribution in [3.63, 3.8) is 0 Å². The van der Waals surface area contributed by atoms with Gasteiger partial charge in [-0.05, 0) is 43.1 Å². The van der Waals surface area contributed by atoms with E-state index < -0.39 is 12.1 Å². The highest BCUT2D eigenvalue weighted by Gasteiger charge is 2.20. The number of hydrogen-bond donors (Lipinski definition) is 1. The molecule has 0 spiro atoms. The monoisotopic (exact) mass is 349 g/mol. The lowest BCUT2D eigenvalue weighted by atomic mass is 10.2. The van der Waals surface area contributed by atoms with Crippen LogP contribution < -0.4 is 4.72 Å². The van der Waals surface area contributed by atoms with E-state index in [-0.39, 0.29) is 12.6 Å². The maximum Gasteiger partial charge on any atom is 0.347 e. The van der Waals surface area contributed by atoms with E-state index in [1.807, 2.05) is 6.07 Å². The van der Waals surface area contributed by atoms with E-state index in [4.69, 9.17) is 10.00 Å². The van der Waals surface area contributed by atoms with Crippen LogP contribution in [-0.2, 0) is 4.74 Å². The third-order valence-corrected chi connectivity index (χ3v) is 3.57. The number of nitrogens with one attached hydrogen (secondary N) is 1. The van der Waals surface area contributed by atoms with Crippen molar-refractivity contribution < 1.29 is 14.3 Å². The number of nitrogens with zero attached hydrogens (tertiary/aromatic N) is 4. The molecule has 0 saturated carbocycles. The Hall–Kier alpha value is -2.73. The Morgan fingerprint density at radius 1 is 1.33 bits per heavy atom. The van der Waals surface area contributed by atoms with E-state index in [1.54, 1.807) is 45.3 Å². The molecule has 0 aliphatic rings. The molecule has 1 aromatic rings. The number of amidine groups is 1. The van der Waals surface area contributed by atoms with E-state index in [0.29, 0.717) is 5.56 Å². The molecule has 0 aromatic heterocycles. The fourth-order valence-corrected chi connectivity index (χ4v) is 2.11. The standard InChI is InChI=1S/C15H19N5O3S/c1-5-20(15(23-4)17-13(21)19(2)3)14(22)18-24-12-8-6-11(10-16)7-9-12/h6-9H,5H2,1-4H3,(H,18,22). The van der Waals surface area contributed by atoms with Gasteiger partial charge in [-0.3, -0.25) is 4.72 Å². The Labute approximate surface area is 145 Å². The Balaban J connectivity index is 2.77. The van der Waals surface area contributed by atoms with Crippen LogP contribution in [0.3, 0.4) is 0 Å². The van der Waals surface area contributed by atoms with Crippen LogP contribution in [0, 0.1) is 11.3 Å². The third kappa shape index (κ3) is 5.48. The summed E-state index contributed by atoms with van der Waals surface area (Å²) in [5.41, 5.74) is 0.539. The second-order valence-electron chi connectivity index (χ2n) is 4.67. The van der Waals surface area contributed by atoms with Crippen LogP contribution in [-0.4, -0.2) is 55.6 Å². The summed E-state index contributed by atoms with van der Waals surface area (Å²) < 4.78 is 7.69. The zero-order chi connectivity index (χ0) is 18.1. The number of amides is 4. The maximum absolute atomic E-state index is 12.3. The van der Waals surface area contributed by atoms with Gasteiger partial charge < -0.3 is 9.64 Å². The predicted octanol–water partition coefficient (Wildman–Crippen LogP) is 2.28. The molecule has 24 heavy (non-hydrogen) atoms. The first kappa shape index (κ1) is 19.3. The van der Waals surface area contributed by atoms with Gasteiger partial charge in [-0.25, -0.2) is 14.5 Å². The molecule has 0 fully saturated rings. The molecule has 0 aliphatic heterocycles. The lowest BCUT2D eigenvalue weighted by Gasteiger charge is -2.21. The smallest absolute Gasteiger partial charge is 0.347 e. The van der Waals surface area contributed by atoms with Crippen molar-refractivity contribution in [1.82, 2.24) is 14.5 Å². The molecule has 0 unspecified atom stereocenters. The van der Waals surface area contributed by atoms with E-state index in [2.05, 4.69) is 9.71 Å². The van der Waals surface area contributed by atoms with Crippen LogP contribution in [0.2, 0.25) is 0 Å². The van der Waals surface area contributed by atoms with Gasteiger partial charge in [0.25, 0.3) is 0 Å². The van der Waals surface area contributed by atoms with Crippen LogP contribution in [0.4, 0.5) is 9.59 Å². The van der Waals surface area contributed by atoms with E-state index >= 15 is 0 Å². The SMILES string of the molecule is CCN(C(=O)NSc1ccc(C#N)cc1)C(=NC(=O)N(C)C)OC. The van der Waals surface area contributed by atoms with E-state index in [9.17, 15) is 9.59 Å². The molecular formula is C15H19N5O3S. The normalized spacial score (nSPS) is 10.5. The predicted molar refractivity (Wildman–Crippen MR) is 91.5 cm³/mol. The van der Waals surface area contributed by atoms with Gasteiger partial charge in [-0.2, -0.15) is 5.26 Å². The molecule has 0 bridgehead atoms. The van der Waals surface area contributed by atoms with Gasteiger partial charge in [-0.15, -0.1) is 4.99 Å². The minimum absolute atomic E-state index is 0.0888. The Kier molecular flexibility index (Phi) is 7.58. The van der Waals surface area contributed by atoms with Gasteiger partial charge in [0.2, 0.25) is 0 Å². The quantitative estimate of drug-likeness (QED) is 0.513. The summed E-state index contributed by atoms with van der Waals surface area (Å²) in [7, 11) is 4.44. The number of rotatable bonds is 3. The minimum Gasteiger partial charge on any atom is -0.468 e. The summed E-state index contributed by atoms with van der Waals surface area (Å²) in [6.45, 7) is 2.01. The molecule has 4 amide bonds. The summed E-state index contributed by atoms with van der Waals surface area (Å²) in [6.07, 6.45) is 0. The Morgan fingerprint density at radius 2 is 1.96 bits per heavy atom. The average molecular weight is 349 g/mol. The molecule has 0 saturated heterocycles. The Bertz CT molecular complexity index is 652. The number of benzene rings is 1. The number of nitriles is 1. The lowest BCUT2D eigenvalue weighted by molar-refractivity contribution is 0.213. The molecule has 0 atom stereocenters. The molecule has 128 valence electrons. The van der Waals surface area contributed by atoms with Gasteiger partial charge in [0.05, 0.1) is 18.7 Å². The zero-order valence-electron chi connectivity index (χ0n) is 13.9. The highest BCUT2D eigenvalue weighted by molar-refractivity contribution is 7.98. The van der Waals surface area contributed by atoms with Crippen LogP contribution in [0.1, 0.15) is 12.5 Å². The summed E-state index contributed by atoms with van der Waals surface area (Å²) in [6, 6.07) is 7.69. The van der Waals surface area contributed by atoms with Crippen LogP contribution in [0.15, 0.2) is 34.2 Å². The minimum atomic E-state index is -0.530. The van der Waals surface area contributed by atoms with Gasteiger partial charge in [0.15, 0.2) is 0 Å². The number of carbonyl (C=O) groups excluding carboxylic acids is 2. The van der Waals surface area contributed by atoms with Crippen molar-refractivity contribution in [2.75, 3.05) is 27.7 Å². The second kappa shape index (κ2) is 9.42. The van der Waals surface area contributed by atoms with Crippen molar-refractivity contribution in [3.05, 3.63) is 29.8 Å². The average Bonchev–Trinajstić information content (AvgIpc) is 2.59. The van der Waals surface area contributed by atoms with Crippen molar-refractivity contribution in [2.24, 2.45) is 4.99 Å². The Morgan fingerprint density at radius 3 is 2.42 bits per heavy atom. The topological polar surface area (TPSA) is 98.0 Å². The van der Waals surface area contributed by atoms with Crippen LogP contribution in [0.25, 0.3) is 0 Å². The van der Waals surface area contributed by atoms with Crippen molar-refractivity contribution in [2.45, 2.75) is 11.8 Å². The van der Waals surface area contributed by atoms with Gasteiger partial charge >= 0.3 is 18.1 Å². The number of methoxy groups -OCH3 is 1. The largest absolute Gasteiger partial charge is 0.468 e. The van der Waals surface area contributed by atoms with Crippen molar-refractivity contribution >= 4 is 30.0 Å². The summed E-state index contributed by atoms with van der Waals surface area (Å²) in [5.74, 6) is 0. The number of carbonyl (C=O) groups is 2. The molecule has 1 N–H and O–H groups in total. The maximum atomic E-state index is 12.3. The number of hydrogen-bond acceptors (Lipinski definition) is 5. The molecule has 8 nitrogen and oxygen atoms in total. The third-order valence-electron chi connectivity index (χ3n) is 2.79. The molecule has 0 heterocycles. The molecule has 0 radical (unpaired) electrons. The first-order valence-corrected chi connectivity index (χ1v) is 7.83. The summed E-state index contributed by atoms with van der Waals surface area (Å²) >= 11 is 1.09. The first-order chi connectivity index (χ1) is 11.4. The second-order valence-corrected chi connectivity index (χ2v) is 5.54. The number of ether oxygens (including phenoxy) is 1. The molecule has 1 aromatic carbocycles. The molecule has 9 heteroatoms. The lowest BCUT2D eigenvalue weighted by Crippen LogP contribution is -2.43. The van der Waals surface area contributed by atoms with E-state index in [1.165, 1.54) is 16.9 Å². The fourth-order valence-electron chi connectivity index (χ4n) is 1.52.